The van der Waals surface area contributed by atoms with Crippen LogP contribution in [-0.4, -0.2) is 32.0 Å². The van der Waals surface area contributed by atoms with Gasteiger partial charge in [0.05, 0.1) is 5.41 Å². The molecule has 102 valence electrons. The molecule has 0 aromatic heterocycles. The highest BCUT2D eigenvalue weighted by atomic mass is 28.4. The molecule has 0 rings (SSSR count). The standard InChI is InChI=1S/C11H24O5Si/c1-8(2)14-17(13,15-9(3)4)16-10(12)11(5,6)7/h8-9,13H,1-7H3. The van der Waals surface area contributed by atoms with Crippen molar-refractivity contribution in [1.29, 1.82) is 0 Å². The first-order valence-electron chi connectivity index (χ1n) is 5.78. The van der Waals surface area contributed by atoms with E-state index in [2.05, 4.69) is 0 Å². The largest absolute Gasteiger partial charge is 0.749 e. The molecule has 0 saturated heterocycles. The normalized spacial score (nSPS) is 13.3. The zero-order chi connectivity index (χ0) is 13.9. The minimum atomic E-state index is -3.90. The van der Waals surface area contributed by atoms with Gasteiger partial charge in [0.15, 0.2) is 0 Å². The molecule has 0 aliphatic carbocycles. The van der Waals surface area contributed by atoms with Crippen molar-refractivity contribution >= 4 is 15.0 Å². The van der Waals surface area contributed by atoms with Gasteiger partial charge in [-0.1, -0.05) is 0 Å². The molecule has 5 nitrogen and oxygen atoms in total. The summed E-state index contributed by atoms with van der Waals surface area (Å²) in [6.07, 6.45) is -0.559. The highest BCUT2D eigenvalue weighted by molar-refractivity contribution is 6.54. The van der Waals surface area contributed by atoms with E-state index < -0.39 is 20.4 Å². The number of hydrogen-bond donors (Lipinski definition) is 1. The van der Waals surface area contributed by atoms with Crippen molar-refractivity contribution in [2.45, 2.75) is 60.7 Å². The van der Waals surface area contributed by atoms with E-state index in [1.807, 2.05) is 0 Å². The van der Waals surface area contributed by atoms with Gasteiger partial charge in [0, 0.05) is 12.2 Å². The molecule has 0 unspecified atom stereocenters. The van der Waals surface area contributed by atoms with Crippen molar-refractivity contribution in [3.63, 3.8) is 0 Å². The SMILES string of the molecule is CC(C)O[Si](O)(OC(=O)C(C)(C)C)OC(C)C. The van der Waals surface area contributed by atoms with Gasteiger partial charge < -0.3 is 18.1 Å². The van der Waals surface area contributed by atoms with Gasteiger partial charge >= 0.3 is 15.0 Å². The molecule has 0 heterocycles. The molecule has 1 N–H and O–H groups in total. The number of rotatable bonds is 5. The first-order chi connectivity index (χ1) is 7.46. The van der Waals surface area contributed by atoms with Gasteiger partial charge in [0.1, 0.15) is 0 Å². The van der Waals surface area contributed by atoms with E-state index in [1.54, 1.807) is 48.5 Å². The second kappa shape index (κ2) is 5.95. The zero-order valence-corrected chi connectivity index (χ0v) is 12.7. The second-order valence-electron chi connectivity index (χ2n) is 5.50. The summed E-state index contributed by atoms with van der Waals surface area (Å²) in [6, 6.07) is 0. The third-order valence-electron chi connectivity index (χ3n) is 1.60. The summed E-state index contributed by atoms with van der Waals surface area (Å²) in [6.45, 7) is 12.1. The summed E-state index contributed by atoms with van der Waals surface area (Å²) in [7, 11) is -3.90. The summed E-state index contributed by atoms with van der Waals surface area (Å²) in [4.78, 5) is 21.9. The van der Waals surface area contributed by atoms with Crippen LogP contribution in [0, 0.1) is 5.41 Å². The van der Waals surface area contributed by atoms with Crippen molar-refractivity contribution in [1.82, 2.24) is 0 Å². The van der Waals surface area contributed by atoms with Crippen molar-refractivity contribution < 1.29 is 22.9 Å². The van der Waals surface area contributed by atoms with E-state index >= 15 is 0 Å². The summed E-state index contributed by atoms with van der Waals surface area (Å²) in [5.74, 6) is -0.534. The van der Waals surface area contributed by atoms with Gasteiger partial charge in [-0.3, -0.25) is 4.79 Å². The summed E-state index contributed by atoms with van der Waals surface area (Å²) >= 11 is 0. The van der Waals surface area contributed by atoms with Crippen molar-refractivity contribution in [2.24, 2.45) is 5.41 Å². The predicted molar refractivity (Wildman–Crippen MR) is 66.0 cm³/mol. The maximum absolute atomic E-state index is 11.7. The molecular formula is C11H24O5Si. The van der Waals surface area contributed by atoms with Crippen LogP contribution in [0.4, 0.5) is 0 Å². The number of carbonyl (C=O) groups excluding carboxylic acids is 1. The summed E-state index contributed by atoms with van der Waals surface area (Å²) in [5, 5.41) is 0. The summed E-state index contributed by atoms with van der Waals surface area (Å²) in [5.41, 5.74) is -0.707. The maximum Gasteiger partial charge on any atom is 0.749 e. The molecule has 0 saturated carbocycles. The van der Waals surface area contributed by atoms with Crippen LogP contribution in [0.5, 0.6) is 0 Å². The number of hydrogen-bond acceptors (Lipinski definition) is 5. The molecule has 0 aliphatic rings. The highest BCUT2D eigenvalue weighted by Crippen LogP contribution is 2.20. The van der Waals surface area contributed by atoms with Gasteiger partial charge in [0.25, 0.3) is 0 Å². The fraction of sp³-hybridized carbons (Fsp3) is 0.909. The van der Waals surface area contributed by atoms with E-state index in [1.165, 1.54) is 0 Å². The zero-order valence-electron chi connectivity index (χ0n) is 11.7. The molecule has 0 amide bonds. The Kier molecular flexibility index (Phi) is 5.80. The van der Waals surface area contributed by atoms with Gasteiger partial charge in [-0.15, -0.1) is 0 Å². The van der Waals surface area contributed by atoms with Crippen LogP contribution in [0.3, 0.4) is 0 Å². The molecule has 6 heteroatoms. The second-order valence-corrected chi connectivity index (χ2v) is 7.22. The summed E-state index contributed by atoms with van der Waals surface area (Å²) < 4.78 is 15.5. The molecule has 0 aliphatic heterocycles. The van der Waals surface area contributed by atoms with Crippen molar-refractivity contribution in [2.75, 3.05) is 0 Å². The minimum Gasteiger partial charge on any atom is -0.452 e. The molecule has 0 aromatic rings. The monoisotopic (exact) mass is 264 g/mol. The molecule has 0 spiro atoms. The van der Waals surface area contributed by atoms with Crippen LogP contribution < -0.4 is 0 Å². The average Bonchev–Trinajstić information content (AvgIpc) is 1.96. The van der Waals surface area contributed by atoms with Crippen LogP contribution in [0.1, 0.15) is 48.5 Å². The highest BCUT2D eigenvalue weighted by Gasteiger charge is 2.49. The predicted octanol–water partition coefficient (Wildman–Crippen LogP) is 1.85. The van der Waals surface area contributed by atoms with Gasteiger partial charge in [-0.25, -0.2) is 0 Å². The van der Waals surface area contributed by atoms with Gasteiger partial charge in [0.2, 0.25) is 0 Å². The van der Waals surface area contributed by atoms with Crippen LogP contribution in [0.15, 0.2) is 0 Å². The third kappa shape index (κ3) is 6.77. The average molecular weight is 264 g/mol. The Morgan fingerprint density at radius 3 is 1.65 bits per heavy atom. The Bertz CT molecular complexity index is 247. The Balaban J connectivity index is 4.76. The number of carbonyl (C=O) groups is 1. The van der Waals surface area contributed by atoms with Crippen LogP contribution in [0.2, 0.25) is 0 Å². The molecule has 0 bridgehead atoms. The minimum absolute atomic E-state index is 0.279. The third-order valence-corrected chi connectivity index (χ3v) is 3.59. The van der Waals surface area contributed by atoms with Crippen molar-refractivity contribution in [3.05, 3.63) is 0 Å². The first kappa shape index (κ1) is 16.6. The molecule has 17 heavy (non-hydrogen) atoms. The topological polar surface area (TPSA) is 65.0 Å². The van der Waals surface area contributed by atoms with E-state index in [-0.39, 0.29) is 12.2 Å². The molecule has 0 radical (unpaired) electrons. The molecule has 0 aromatic carbocycles. The molecular weight excluding hydrogens is 240 g/mol. The van der Waals surface area contributed by atoms with Crippen molar-refractivity contribution in [3.8, 4) is 0 Å². The lowest BCUT2D eigenvalue weighted by Crippen LogP contribution is -2.52. The van der Waals surface area contributed by atoms with Gasteiger partial charge in [-0.2, -0.15) is 0 Å². The quantitative estimate of drug-likeness (QED) is 0.768. The fourth-order valence-corrected chi connectivity index (χ4v) is 2.83. The Morgan fingerprint density at radius 1 is 1.06 bits per heavy atom. The first-order valence-corrected chi connectivity index (χ1v) is 7.45. The van der Waals surface area contributed by atoms with Gasteiger partial charge in [-0.05, 0) is 48.5 Å². The maximum atomic E-state index is 11.7. The lowest BCUT2D eigenvalue weighted by molar-refractivity contribution is -0.154. The Hall–Kier alpha value is -0.433. The molecule has 0 fully saturated rings. The lowest BCUT2D eigenvalue weighted by Gasteiger charge is -2.28. The lowest BCUT2D eigenvalue weighted by atomic mass is 9.98. The van der Waals surface area contributed by atoms with Crippen LogP contribution >= 0.6 is 0 Å². The smallest absolute Gasteiger partial charge is 0.452 e. The van der Waals surface area contributed by atoms with E-state index in [9.17, 15) is 9.59 Å². The van der Waals surface area contributed by atoms with E-state index in [0.29, 0.717) is 0 Å². The van der Waals surface area contributed by atoms with E-state index in [4.69, 9.17) is 13.3 Å². The Labute approximate surface area is 105 Å². The Morgan fingerprint density at radius 2 is 1.41 bits per heavy atom. The van der Waals surface area contributed by atoms with Crippen LogP contribution in [0.25, 0.3) is 0 Å². The fourth-order valence-electron chi connectivity index (χ4n) is 0.942. The van der Waals surface area contributed by atoms with Crippen LogP contribution in [-0.2, 0) is 18.1 Å². The molecule has 0 atom stereocenters. The van der Waals surface area contributed by atoms with E-state index in [0.717, 1.165) is 0 Å².